The quantitative estimate of drug-likeness (QED) is 0.936. The van der Waals surface area contributed by atoms with E-state index in [0.29, 0.717) is 11.5 Å². The highest BCUT2D eigenvalue weighted by atomic mass is 16.5. The van der Waals surface area contributed by atoms with Crippen LogP contribution in [-0.2, 0) is 0 Å². The van der Waals surface area contributed by atoms with Crippen LogP contribution in [-0.4, -0.2) is 24.0 Å². The largest absolute Gasteiger partial charge is 0.497 e. The van der Waals surface area contributed by atoms with Gasteiger partial charge in [-0.15, -0.1) is 0 Å². The van der Waals surface area contributed by atoms with Crippen molar-refractivity contribution in [1.82, 2.24) is 10.3 Å². The molecular weight excluding hydrogens is 288 g/mol. The van der Waals surface area contributed by atoms with Gasteiger partial charge in [0.25, 0.3) is 5.91 Å². The van der Waals surface area contributed by atoms with Gasteiger partial charge in [-0.25, -0.2) is 0 Å². The molecule has 2 atom stereocenters. The number of nitrogens with zero attached hydrogens (tertiary/aromatic N) is 1. The normalized spacial score (nSPS) is 21.2. The number of aryl methyl sites for hydroxylation is 1. The van der Waals surface area contributed by atoms with E-state index in [9.17, 15) is 4.79 Å². The van der Waals surface area contributed by atoms with E-state index in [1.165, 1.54) is 19.3 Å². The summed E-state index contributed by atoms with van der Waals surface area (Å²) in [5.74, 6) is 1.30. The third-order valence-corrected chi connectivity index (χ3v) is 4.89. The standard InChI is InChI=1S/C19H24N2O2/c1-12-6-4-5-7-17(12)21-19(22)16-11-14-10-15(23-3)8-9-18(14)20-13(16)2/h8-12,17H,4-7H2,1-3H3,(H,21,22)/t12-,17-/m1/s1. The molecule has 23 heavy (non-hydrogen) atoms. The molecule has 0 aliphatic heterocycles. The average Bonchev–Trinajstić information content (AvgIpc) is 2.55. The van der Waals surface area contributed by atoms with Gasteiger partial charge in [-0.05, 0) is 49.9 Å². The molecule has 1 heterocycles. The number of fused-ring (bicyclic) bond motifs is 1. The van der Waals surface area contributed by atoms with Crippen LogP contribution in [0.15, 0.2) is 24.3 Å². The molecule has 0 spiro atoms. The second-order valence-electron chi connectivity index (χ2n) is 6.52. The summed E-state index contributed by atoms with van der Waals surface area (Å²) in [5, 5.41) is 4.14. The molecule has 0 bridgehead atoms. The topological polar surface area (TPSA) is 51.2 Å². The van der Waals surface area contributed by atoms with Gasteiger partial charge in [0.1, 0.15) is 5.75 Å². The smallest absolute Gasteiger partial charge is 0.253 e. The summed E-state index contributed by atoms with van der Waals surface area (Å²) in [6.07, 6.45) is 4.73. The molecule has 0 unspecified atom stereocenters. The van der Waals surface area contributed by atoms with Crippen LogP contribution in [0, 0.1) is 12.8 Å². The van der Waals surface area contributed by atoms with E-state index in [4.69, 9.17) is 4.74 Å². The lowest BCUT2D eigenvalue weighted by Crippen LogP contribution is -2.41. The maximum atomic E-state index is 12.7. The number of hydrogen-bond acceptors (Lipinski definition) is 3. The van der Waals surface area contributed by atoms with Crippen LogP contribution >= 0.6 is 0 Å². The van der Waals surface area contributed by atoms with Crippen LogP contribution in [0.5, 0.6) is 5.75 Å². The lowest BCUT2D eigenvalue weighted by Gasteiger charge is -2.29. The maximum absolute atomic E-state index is 12.7. The Kier molecular flexibility index (Phi) is 4.51. The van der Waals surface area contributed by atoms with Crippen LogP contribution in [0.25, 0.3) is 10.9 Å². The molecule has 4 nitrogen and oxygen atoms in total. The Balaban J connectivity index is 1.88. The number of hydrogen-bond donors (Lipinski definition) is 1. The molecule has 1 aromatic carbocycles. The number of aromatic nitrogens is 1. The number of nitrogens with one attached hydrogen (secondary N) is 1. The minimum absolute atomic E-state index is 0.0153. The van der Waals surface area contributed by atoms with Crippen LogP contribution in [0.3, 0.4) is 0 Å². The minimum Gasteiger partial charge on any atom is -0.497 e. The van der Waals surface area contributed by atoms with E-state index in [-0.39, 0.29) is 11.9 Å². The third-order valence-electron chi connectivity index (χ3n) is 4.89. The zero-order valence-corrected chi connectivity index (χ0v) is 14.1. The van der Waals surface area contributed by atoms with Crippen LogP contribution in [0.2, 0.25) is 0 Å². The molecule has 122 valence electrons. The lowest BCUT2D eigenvalue weighted by molar-refractivity contribution is 0.0909. The summed E-state index contributed by atoms with van der Waals surface area (Å²) >= 11 is 0. The molecule has 1 aromatic heterocycles. The molecule has 2 aromatic rings. The second-order valence-corrected chi connectivity index (χ2v) is 6.52. The van der Waals surface area contributed by atoms with Gasteiger partial charge < -0.3 is 10.1 Å². The zero-order chi connectivity index (χ0) is 16.4. The summed E-state index contributed by atoms with van der Waals surface area (Å²) < 4.78 is 5.26. The highest BCUT2D eigenvalue weighted by Crippen LogP contribution is 2.25. The molecule has 4 heteroatoms. The summed E-state index contributed by atoms with van der Waals surface area (Å²) in [4.78, 5) is 17.3. The van der Waals surface area contributed by atoms with Gasteiger partial charge in [-0.3, -0.25) is 9.78 Å². The van der Waals surface area contributed by atoms with Crippen molar-refractivity contribution < 1.29 is 9.53 Å². The van der Waals surface area contributed by atoms with Crippen LogP contribution < -0.4 is 10.1 Å². The molecule has 0 radical (unpaired) electrons. The summed E-state index contributed by atoms with van der Waals surface area (Å²) in [5.41, 5.74) is 2.30. The fourth-order valence-electron chi connectivity index (χ4n) is 3.38. The van der Waals surface area contributed by atoms with Gasteiger partial charge >= 0.3 is 0 Å². The first-order chi connectivity index (χ1) is 11.1. The van der Waals surface area contributed by atoms with E-state index in [1.807, 2.05) is 31.2 Å². The number of carbonyl (C=O) groups excluding carboxylic acids is 1. The first-order valence-electron chi connectivity index (χ1n) is 8.34. The molecule has 1 fully saturated rings. The average molecular weight is 312 g/mol. The molecule has 3 rings (SSSR count). The third kappa shape index (κ3) is 3.31. The molecule has 0 saturated heterocycles. The Morgan fingerprint density at radius 3 is 2.78 bits per heavy atom. The van der Waals surface area contributed by atoms with E-state index < -0.39 is 0 Å². The number of methoxy groups -OCH3 is 1. The Bertz CT molecular complexity index is 727. The van der Waals surface area contributed by atoms with Crippen molar-refractivity contribution in [1.29, 1.82) is 0 Å². The number of carbonyl (C=O) groups is 1. The fraction of sp³-hybridized carbons (Fsp3) is 0.474. The van der Waals surface area contributed by atoms with Crippen molar-refractivity contribution in [3.05, 3.63) is 35.5 Å². The Labute approximate surface area is 137 Å². The molecule has 1 amide bonds. The van der Waals surface area contributed by atoms with Crippen molar-refractivity contribution in [2.45, 2.75) is 45.6 Å². The maximum Gasteiger partial charge on any atom is 0.253 e. The van der Waals surface area contributed by atoms with Crippen molar-refractivity contribution in [2.75, 3.05) is 7.11 Å². The number of rotatable bonds is 3. The van der Waals surface area contributed by atoms with Crippen molar-refractivity contribution >= 4 is 16.8 Å². The molecule has 1 saturated carbocycles. The number of ether oxygens (including phenoxy) is 1. The molecule has 1 aliphatic rings. The highest BCUT2D eigenvalue weighted by molar-refractivity contribution is 5.99. The van der Waals surface area contributed by atoms with Crippen LogP contribution in [0.1, 0.15) is 48.7 Å². The predicted octanol–water partition coefficient (Wildman–Crippen LogP) is 3.86. The van der Waals surface area contributed by atoms with E-state index in [1.54, 1.807) is 7.11 Å². The van der Waals surface area contributed by atoms with Gasteiger partial charge in [0, 0.05) is 11.4 Å². The zero-order valence-electron chi connectivity index (χ0n) is 14.1. The summed E-state index contributed by atoms with van der Waals surface area (Å²) in [7, 11) is 1.64. The number of amides is 1. The first-order valence-corrected chi connectivity index (χ1v) is 8.34. The molecular formula is C19H24N2O2. The Morgan fingerprint density at radius 2 is 2.04 bits per heavy atom. The number of benzene rings is 1. The SMILES string of the molecule is COc1ccc2nc(C)c(C(=O)N[C@@H]3CCCC[C@H]3C)cc2c1. The molecule has 1 aliphatic carbocycles. The van der Waals surface area contributed by atoms with Crippen LogP contribution in [0.4, 0.5) is 0 Å². The van der Waals surface area contributed by atoms with Gasteiger partial charge in [-0.2, -0.15) is 0 Å². The van der Waals surface area contributed by atoms with Gasteiger partial charge in [0.15, 0.2) is 0 Å². The van der Waals surface area contributed by atoms with Crippen molar-refractivity contribution in [2.24, 2.45) is 5.92 Å². The van der Waals surface area contributed by atoms with E-state index >= 15 is 0 Å². The van der Waals surface area contributed by atoms with Gasteiger partial charge in [0.05, 0.1) is 23.9 Å². The summed E-state index contributed by atoms with van der Waals surface area (Å²) in [6.45, 7) is 4.11. The van der Waals surface area contributed by atoms with Crippen molar-refractivity contribution in [3.63, 3.8) is 0 Å². The van der Waals surface area contributed by atoms with Gasteiger partial charge in [-0.1, -0.05) is 19.8 Å². The first kappa shape index (κ1) is 15.8. The van der Waals surface area contributed by atoms with Crippen molar-refractivity contribution in [3.8, 4) is 5.75 Å². The number of pyridine rings is 1. The van der Waals surface area contributed by atoms with Gasteiger partial charge in [0.2, 0.25) is 0 Å². The van der Waals surface area contributed by atoms with E-state index in [2.05, 4.69) is 17.2 Å². The molecule has 1 N–H and O–H groups in total. The summed E-state index contributed by atoms with van der Waals surface area (Å²) in [6, 6.07) is 7.92. The Morgan fingerprint density at radius 1 is 1.26 bits per heavy atom. The second kappa shape index (κ2) is 6.57. The minimum atomic E-state index is -0.0153. The Hall–Kier alpha value is -2.10. The van der Waals surface area contributed by atoms with E-state index in [0.717, 1.165) is 28.8 Å². The highest BCUT2D eigenvalue weighted by Gasteiger charge is 2.24. The predicted molar refractivity (Wildman–Crippen MR) is 91.9 cm³/mol. The monoisotopic (exact) mass is 312 g/mol. The lowest BCUT2D eigenvalue weighted by atomic mass is 9.86. The fourth-order valence-corrected chi connectivity index (χ4v) is 3.38.